The first-order chi connectivity index (χ1) is 8.86. The maximum Gasteiger partial charge on any atom is 0.238 e. The Kier molecular flexibility index (Phi) is 4.16. The van der Waals surface area contributed by atoms with Crippen LogP contribution >= 0.6 is 0 Å². The highest BCUT2D eigenvalue weighted by Crippen LogP contribution is 2.29. The molecule has 0 amide bonds. The van der Waals surface area contributed by atoms with Crippen molar-refractivity contribution in [2.45, 2.75) is 50.5 Å². The minimum absolute atomic E-state index is 0.134. The van der Waals surface area contributed by atoms with Crippen LogP contribution in [0.2, 0.25) is 0 Å². The molecule has 2 unspecified atom stereocenters. The van der Waals surface area contributed by atoms with Gasteiger partial charge in [-0.3, -0.25) is 0 Å². The summed E-state index contributed by atoms with van der Waals surface area (Å²) < 4.78 is 28.5. The second-order valence-electron chi connectivity index (χ2n) is 5.48. The van der Waals surface area contributed by atoms with Crippen molar-refractivity contribution in [3.8, 4) is 5.75 Å². The number of primary sulfonamides is 1. The summed E-state index contributed by atoms with van der Waals surface area (Å²) in [6, 6.07) is 4.77. The molecule has 1 aliphatic rings. The summed E-state index contributed by atoms with van der Waals surface area (Å²) in [6.45, 7) is 4.09. The van der Waals surface area contributed by atoms with Gasteiger partial charge in [-0.1, -0.05) is 13.3 Å². The van der Waals surface area contributed by atoms with E-state index in [4.69, 9.17) is 9.88 Å². The molecule has 2 N–H and O–H groups in total. The Balaban J connectivity index is 2.13. The van der Waals surface area contributed by atoms with Crippen LogP contribution in [-0.2, 0) is 10.0 Å². The third-order valence-corrected chi connectivity index (χ3v) is 4.57. The van der Waals surface area contributed by atoms with Crippen LogP contribution in [0.15, 0.2) is 23.1 Å². The lowest BCUT2D eigenvalue weighted by Gasteiger charge is -2.28. The minimum Gasteiger partial charge on any atom is -0.490 e. The number of aryl methyl sites for hydroxylation is 1. The number of hydrogen-bond donors (Lipinski definition) is 1. The molecule has 1 aromatic carbocycles. The van der Waals surface area contributed by atoms with E-state index >= 15 is 0 Å². The molecule has 1 aliphatic carbocycles. The summed E-state index contributed by atoms with van der Waals surface area (Å²) in [5.41, 5.74) is 0.810. The molecule has 1 fully saturated rings. The topological polar surface area (TPSA) is 69.4 Å². The van der Waals surface area contributed by atoms with Crippen molar-refractivity contribution >= 4 is 10.0 Å². The first kappa shape index (κ1) is 14.3. The average Bonchev–Trinajstić information content (AvgIpc) is 2.30. The van der Waals surface area contributed by atoms with Crippen molar-refractivity contribution in [3.05, 3.63) is 23.8 Å². The van der Waals surface area contributed by atoms with E-state index in [0.29, 0.717) is 5.92 Å². The zero-order valence-corrected chi connectivity index (χ0v) is 12.2. The molecular weight excluding hydrogens is 262 g/mol. The molecule has 1 saturated carbocycles. The summed E-state index contributed by atoms with van der Waals surface area (Å²) >= 11 is 0. The van der Waals surface area contributed by atoms with E-state index < -0.39 is 10.0 Å². The van der Waals surface area contributed by atoms with Crippen molar-refractivity contribution in [2.24, 2.45) is 11.1 Å². The summed E-state index contributed by atoms with van der Waals surface area (Å²) in [6.07, 6.45) is 4.84. The molecule has 0 bridgehead atoms. The Hall–Kier alpha value is -1.07. The van der Waals surface area contributed by atoms with E-state index in [1.807, 2.05) is 6.92 Å². The van der Waals surface area contributed by atoms with Gasteiger partial charge in [0.25, 0.3) is 0 Å². The van der Waals surface area contributed by atoms with Crippen molar-refractivity contribution in [3.63, 3.8) is 0 Å². The average molecular weight is 283 g/mol. The van der Waals surface area contributed by atoms with Gasteiger partial charge in [-0.2, -0.15) is 0 Å². The van der Waals surface area contributed by atoms with Crippen LogP contribution in [0.5, 0.6) is 5.75 Å². The number of rotatable bonds is 3. The van der Waals surface area contributed by atoms with E-state index in [9.17, 15) is 8.42 Å². The number of sulfonamides is 1. The molecule has 2 rings (SSSR count). The van der Waals surface area contributed by atoms with Crippen LogP contribution in [-0.4, -0.2) is 14.5 Å². The fourth-order valence-electron chi connectivity index (χ4n) is 2.60. The van der Waals surface area contributed by atoms with E-state index in [1.165, 1.54) is 18.9 Å². The Morgan fingerprint density at radius 3 is 2.63 bits per heavy atom. The molecule has 106 valence electrons. The van der Waals surface area contributed by atoms with Gasteiger partial charge in [0.05, 0.1) is 11.0 Å². The van der Waals surface area contributed by atoms with Crippen LogP contribution in [0.25, 0.3) is 0 Å². The lowest BCUT2D eigenvalue weighted by Crippen LogP contribution is -2.24. The van der Waals surface area contributed by atoms with Crippen LogP contribution in [0, 0.1) is 12.8 Å². The molecule has 0 aliphatic heterocycles. The summed E-state index contributed by atoms with van der Waals surface area (Å²) in [7, 11) is -3.64. The predicted octanol–water partition coefficient (Wildman–Crippen LogP) is 2.60. The molecule has 5 heteroatoms. The largest absolute Gasteiger partial charge is 0.490 e. The standard InChI is InChI=1S/C14H21NO3S/c1-10-4-3-5-12(8-10)18-14-7-6-13(9-11(14)2)19(15,16)17/h6-7,9-10,12H,3-5,8H2,1-2H3,(H2,15,16,17). The summed E-state index contributed by atoms with van der Waals surface area (Å²) in [5, 5.41) is 5.11. The van der Waals surface area contributed by atoms with Gasteiger partial charge in [-0.05, 0) is 55.9 Å². The molecular formula is C14H21NO3S. The number of benzene rings is 1. The second kappa shape index (κ2) is 5.51. The Bertz CT molecular complexity index is 554. The number of hydrogen-bond acceptors (Lipinski definition) is 3. The first-order valence-electron chi connectivity index (χ1n) is 6.66. The monoisotopic (exact) mass is 283 g/mol. The minimum atomic E-state index is -3.64. The SMILES string of the molecule is Cc1cc(S(N)(=O)=O)ccc1OC1CCCC(C)C1. The fourth-order valence-corrected chi connectivity index (χ4v) is 3.19. The first-order valence-corrected chi connectivity index (χ1v) is 8.21. The maximum absolute atomic E-state index is 11.3. The number of nitrogens with two attached hydrogens (primary N) is 1. The highest BCUT2D eigenvalue weighted by Gasteiger charge is 2.21. The van der Waals surface area contributed by atoms with Gasteiger partial charge in [0.1, 0.15) is 5.75 Å². The summed E-state index contributed by atoms with van der Waals surface area (Å²) in [4.78, 5) is 0.134. The molecule has 0 aromatic heterocycles. The molecule has 0 saturated heterocycles. The molecule has 0 heterocycles. The molecule has 19 heavy (non-hydrogen) atoms. The third-order valence-electron chi connectivity index (χ3n) is 3.66. The zero-order chi connectivity index (χ0) is 14.0. The van der Waals surface area contributed by atoms with Gasteiger partial charge in [-0.25, -0.2) is 13.6 Å². The fraction of sp³-hybridized carbons (Fsp3) is 0.571. The third kappa shape index (κ3) is 3.70. The normalized spacial score (nSPS) is 24.2. The van der Waals surface area contributed by atoms with Crippen LogP contribution in [0.1, 0.15) is 38.2 Å². The van der Waals surface area contributed by atoms with Crippen molar-refractivity contribution < 1.29 is 13.2 Å². The lowest BCUT2D eigenvalue weighted by atomic mass is 9.88. The highest BCUT2D eigenvalue weighted by atomic mass is 32.2. The van der Waals surface area contributed by atoms with Gasteiger partial charge in [0, 0.05) is 0 Å². The van der Waals surface area contributed by atoms with Crippen molar-refractivity contribution in [2.75, 3.05) is 0 Å². The number of ether oxygens (including phenoxy) is 1. The lowest BCUT2D eigenvalue weighted by molar-refractivity contribution is 0.128. The zero-order valence-electron chi connectivity index (χ0n) is 11.4. The Morgan fingerprint density at radius 2 is 2.05 bits per heavy atom. The maximum atomic E-state index is 11.3. The van der Waals surface area contributed by atoms with E-state index in [-0.39, 0.29) is 11.0 Å². The van der Waals surface area contributed by atoms with Crippen LogP contribution < -0.4 is 9.88 Å². The molecule has 0 radical (unpaired) electrons. The Labute approximate surface area is 115 Å². The summed E-state index contributed by atoms with van der Waals surface area (Å²) in [5.74, 6) is 1.45. The van der Waals surface area contributed by atoms with Crippen LogP contribution in [0.4, 0.5) is 0 Å². The van der Waals surface area contributed by atoms with E-state index in [2.05, 4.69) is 6.92 Å². The van der Waals surface area contributed by atoms with Gasteiger partial charge >= 0.3 is 0 Å². The van der Waals surface area contributed by atoms with Gasteiger partial charge in [0.15, 0.2) is 0 Å². The smallest absolute Gasteiger partial charge is 0.238 e. The van der Waals surface area contributed by atoms with Gasteiger partial charge in [0.2, 0.25) is 10.0 Å². The molecule has 2 atom stereocenters. The van der Waals surface area contributed by atoms with E-state index in [0.717, 1.165) is 24.2 Å². The van der Waals surface area contributed by atoms with Gasteiger partial charge < -0.3 is 4.74 Å². The quantitative estimate of drug-likeness (QED) is 0.927. The van der Waals surface area contributed by atoms with Crippen molar-refractivity contribution in [1.82, 2.24) is 0 Å². The van der Waals surface area contributed by atoms with Crippen molar-refractivity contribution in [1.29, 1.82) is 0 Å². The second-order valence-corrected chi connectivity index (χ2v) is 7.05. The molecule has 4 nitrogen and oxygen atoms in total. The highest BCUT2D eigenvalue weighted by molar-refractivity contribution is 7.89. The van der Waals surface area contributed by atoms with Gasteiger partial charge in [-0.15, -0.1) is 0 Å². The molecule has 0 spiro atoms. The Morgan fingerprint density at radius 1 is 1.32 bits per heavy atom. The van der Waals surface area contributed by atoms with E-state index in [1.54, 1.807) is 12.1 Å². The van der Waals surface area contributed by atoms with Crippen LogP contribution in [0.3, 0.4) is 0 Å². The molecule has 1 aromatic rings. The predicted molar refractivity (Wildman–Crippen MR) is 74.6 cm³/mol.